The van der Waals surface area contributed by atoms with E-state index in [9.17, 15) is 4.79 Å². The maximum atomic E-state index is 11.3. The van der Waals surface area contributed by atoms with E-state index in [0.717, 1.165) is 95.7 Å². The third-order valence-corrected chi connectivity index (χ3v) is 9.87. The zero-order chi connectivity index (χ0) is 28.7. The second-order valence-electron chi connectivity index (χ2n) is 11.1. The molecule has 10 heteroatoms. The Balaban J connectivity index is 0.00000148. The molecule has 3 heterocycles. The van der Waals surface area contributed by atoms with Gasteiger partial charge in [0.15, 0.2) is 5.13 Å². The fourth-order valence-corrected chi connectivity index (χ4v) is 7.72. The van der Waals surface area contributed by atoms with E-state index in [1.807, 2.05) is 18.2 Å². The van der Waals surface area contributed by atoms with Gasteiger partial charge in [-0.25, -0.2) is 4.98 Å². The van der Waals surface area contributed by atoms with Gasteiger partial charge in [-0.2, -0.15) is 0 Å². The van der Waals surface area contributed by atoms with Crippen molar-refractivity contribution < 1.29 is 23.9 Å². The smallest absolute Gasteiger partial charge is 0.186 e. The van der Waals surface area contributed by atoms with Gasteiger partial charge in [-0.1, -0.05) is 40.2 Å². The topological polar surface area (TPSA) is 97.9 Å². The van der Waals surface area contributed by atoms with Crippen LogP contribution in [0, 0.1) is 18.8 Å². The largest absolute Gasteiger partial charge is 0.494 e. The number of aryl methyl sites for hydroxylation is 1. The lowest BCUT2D eigenvalue weighted by atomic mass is 10.0. The fraction of sp³-hybridized carbons (Fsp3) is 0.452. The number of aromatic nitrogens is 2. The summed E-state index contributed by atoms with van der Waals surface area (Å²) in [7, 11) is 2.62. The van der Waals surface area contributed by atoms with Crippen molar-refractivity contribution in [3.63, 3.8) is 0 Å². The molecule has 7 rings (SSSR count). The SMILES string of the molecule is CO.COc1cc(C=O)cc2sc(N3CC4CC(OCc5c(-c6c(C)cccc6Cl)noc5C5CC5)CC4C3)nc12. The van der Waals surface area contributed by atoms with Crippen molar-refractivity contribution in [2.45, 2.75) is 51.2 Å². The van der Waals surface area contributed by atoms with Gasteiger partial charge >= 0.3 is 0 Å². The molecule has 2 aromatic heterocycles. The first-order valence-electron chi connectivity index (χ1n) is 14.0. The number of aliphatic hydroxyl groups is 1. The Hall–Kier alpha value is -2.98. The van der Waals surface area contributed by atoms with E-state index in [1.54, 1.807) is 24.5 Å². The maximum Gasteiger partial charge on any atom is 0.186 e. The number of anilines is 1. The number of aliphatic hydroxyl groups excluding tert-OH is 1. The van der Waals surface area contributed by atoms with Gasteiger partial charge in [0.1, 0.15) is 29.0 Å². The molecule has 3 aliphatic rings. The molecule has 2 atom stereocenters. The quantitative estimate of drug-likeness (QED) is 0.226. The van der Waals surface area contributed by atoms with Gasteiger partial charge in [-0.15, -0.1) is 0 Å². The van der Waals surface area contributed by atoms with E-state index in [-0.39, 0.29) is 6.10 Å². The van der Waals surface area contributed by atoms with Crippen LogP contribution in [0.5, 0.6) is 5.75 Å². The fourth-order valence-electron chi connectivity index (χ4n) is 6.36. The van der Waals surface area contributed by atoms with Crippen molar-refractivity contribution in [3.05, 3.63) is 57.8 Å². The van der Waals surface area contributed by atoms with E-state index in [1.165, 1.54) is 0 Å². The van der Waals surface area contributed by atoms with Gasteiger partial charge in [-0.05, 0) is 68.2 Å². The molecule has 1 saturated heterocycles. The second-order valence-corrected chi connectivity index (χ2v) is 12.5. The first kappa shape index (κ1) is 28.2. The summed E-state index contributed by atoms with van der Waals surface area (Å²) in [5.41, 5.74) is 5.35. The minimum absolute atomic E-state index is 0.218. The van der Waals surface area contributed by atoms with Crippen LogP contribution in [-0.2, 0) is 11.3 Å². The Labute approximate surface area is 248 Å². The minimum Gasteiger partial charge on any atom is -0.494 e. The molecule has 41 heavy (non-hydrogen) atoms. The number of fused-ring (bicyclic) bond motifs is 2. The van der Waals surface area contributed by atoms with E-state index >= 15 is 0 Å². The molecule has 216 valence electrons. The monoisotopic (exact) mass is 595 g/mol. The predicted octanol–water partition coefficient (Wildman–Crippen LogP) is 6.65. The van der Waals surface area contributed by atoms with E-state index in [2.05, 4.69) is 23.0 Å². The number of carbonyl (C=O) groups excluding carboxylic acids is 1. The predicted molar refractivity (Wildman–Crippen MR) is 160 cm³/mol. The van der Waals surface area contributed by atoms with Gasteiger partial charge < -0.3 is 24.0 Å². The van der Waals surface area contributed by atoms with Crippen molar-refractivity contribution in [1.29, 1.82) is 0 Å². The summed E-state index contributed by atoms with van der Waals surface area (Å²) in [4.78, 5) is 18.6. The van der Waals surface area contributed by atoms with Gasteiger partial charge in [0.05, 0.1) is 29.5 Å². The number of rotatable bonds is 8. The zero-order valence-electron chi connectivity index (χ0n) is 23.4. The van der Waals surface area contributed by atoms with Gasteiger partial charge in [0, 0.05) is 42.8 Å². The summed E-state index contributed by atoms with van der Waals surface area (Å²) in [5, 5.41) is 13.2. The third kappa shape index (κ3) is 5.36. The Kier molecular flexibility index (Phi) is 8.05. The number of methoxy groups -OCH3 is 1. The Morgan fingerprint density at radius 1 is 1.20 bits per heavy atom. The first-order chi connectivity index (χ1) is 20.0. The summed E-state index contributed by atoms with van der Waals surface area (Å²) in [6.45, 7) is 4.50. The summed E-state index contributed by atoms with van der Waals surface area (Å²) < 4.78 is 18.9. The molecule has 2 unspecified atom stereocenters. The van der Waals surface area contributed by atoms with Crippen LogP contribution in [0.3, 0.4) is 0 Å². The number of aldehydes is 1. The third-order valence-electron chi connectivity index (χ3n) is 8.49. The maximum absolute atomic E-state index is 11.3. The average molecular weight is 596 g/mol. The molecule has 0 radical (unpaired) electrons. The number of carbonyl (C=O) groups is 1. The number of thiazole rings is 1. The molecule has 4 aromatic rings. The molecule has 2 saturated carbocycles. The summed E-state index contributed by atoms with van der Waals surface area (Å²) in [6.07, 6.45) is 5.42. The molecule has 2 aromatic carbocycles. The molecule has 0 spiro atoms. The van der Waals surface area contributed by atoms with Gasteiger partial charge in [0.2, 0.25) is 0 Å². The van der Waals surface area contributed by atoms with Crippen molar-refractivity contribution in [2.75, 3.05) is 32.2 Å². The van der Waals surface area contributed by atoms with Crippen LogP contribution in [0.2, 0.25) is 5.02 Å². The highest BCUT2D eigenvalue weighted by Crippen LogP contribution is 2.47. The second kappa shape index (κ2) is 11.7. The molecule has 3 fully saturated rings. The Morgan fingerprint density at radius 2 is 1.95 bits per heavy atom. The Bertz CT molecular complexity index is 1530. The lowest BCUT2D eigenvalue weighted by Crippen LogP contribution is -2.23. The van der Waals surface area contributed by atoms with Crippen molar-refractivity contribution in [2.24, 2.45) is 11.8 Å². The van der Waals surface area contributed by atoms with Crippen LogP contribution in [0.15, 0.2) is 34.9 Å². The van der Waals surface area contributed by atoms with Crippen molar-refractivity contribution in [1.82, 2.24) is 10.1 Å². The normalized spacial score (nSPS) is 21.6. The zero-order valence-corrected chi connectivity index (χ0v) is 25.0. The van der Waals surface area contributed by atoms with Crippen LogP contribution in [0.1, 0.15) is 58.8 Å². The van der Waals surface area contributed by atoms with Crippen LogP contribution in [0.25, 0.3) is 21.5 Å². The molecule has 8 nitrogen and oxygen atoms in total. The number of benzene rings is 2. The first-order valence-corrected chi connectivity index (χ1v) is 15.2. The van der Waals surface area contributed by atoms with Gasteiger partial charge in [-0.3, -0.25) is 4.79 Å². The summed E-state index contributed by atoms with van der Waals surface area (Å²) in [6, 6.07) is 9.58. The standard InChI is InChI=1S/C30H30ClN3O4S.CH4O/c1-16-4-3-5-23(31)26(16)27-22(29(38-33-27)18-6-7-18)15-37-21-10-19-12-34(13-20(19)11-21)30-32-28-24(36-2)8-17(14-35)9-25(28)39-30;1-2/h3-5,8-9,14,18-21H,6-7,10-13,15H2,1-2H3;2H,1H3. The van der Waals surface area contributed by atoms with Crippen LogP contribution >= 0.6 is 22.9 Å². The highest BCUT2D eigenvalue weighted by molar-refractivity contribution is 7.22. The number of ether oxygens (including phenoxy) is 2. The lowest BCUT2D eigenvalue weighted by Gasteiger charge is -2.19. The van der Waals surface area contributed by atoms with Crippen LogP contribution in [-0.4, -0.2) is 54.9 Å². The van der Waals surface area contributed by atoms with Crippen molar-refractivity contribution >= 4 is 44.6 Å². The molecule has 1 N–H and O–H groups in total. The summed E-state index contributed by atoms with van der Waals surface area (Å²) in [5.74, 6) is 3.21. The van der Waals surface area contributed by atoms with Gasteiger partial charge in [0.25, 0.3) is 0 Å². The lowest BCUT2D eigenvalue weighted by molar-refractivity contribution is 0.0403. The molecular formula is C31H34ClN3O5S. The van der Waals surface area contributed by atoms with Crippen molar-refractivity contribution in [3.8, 4) is 17.0 Å². The molecule has 2 aliphatic carbocycles. The number of nitrogens with zero attached hydrogens (tertiary/aromatic N) is 3. The summed E-state index contributed by atoms with van der Waals surface area (Å²) >= 11 is 8.23. The average Bonchev–Trinajstić information content (AvgIpc) is 3.27. The van der Waals surface area contributed by atoms with E-state index in [0.29, 0.717) is 40.7 Å². The molecule has 1 aliphatic heterocycles. The number of hydrogen-bond acceptors (Lipinski definition) is 9. The minimum atomic E-state index is 0.218. The van der Waals surface area contributed by atoms with E-state index in [4.69, 9.17) is 35.7 Å². The number of hydrogen-bond donors (Lipinski definition) is 1. The van der Waals surface area contributed by atoms with Crippen LogP contribution < -0.4 is 9.64 Å². The molecule has 0 bridgehead atoms. The highest BCUT2D eigenvalue weighted by Gasteiger charge is 2.43. The van der Waals surface area contributed by atoms with Crippen LogP contribution in [0.4, 0.5) is 5.13 Å². The molecule has 0 amide bonds. The molecular weight excluding hydrogens is 562 g/mol. The van der Waals surface area contributed by atoms with E-state index < -0.39 is 0 Å². The number of halogens is 1. The highest BCUT2D eigenvalue weighted by atomic mass is 35.5. The Morgan fingerprint density at radius 3 is 2.61 bits per heavy atom.